The highest BCUT2D eigenvalue weighted by atomic mass is 19.1. The minimum absolute atomic E-state index is 0.178. The first kappa shape index (κ1) is 11.2. The number of nitrogens with two attached hydrogens (primary N) is 1. The van der Waals surface area contributed by atoms with Crippen LogP contribution in [0.25, 0.3) is 0 Å². The number of ketones is 1. The Hall–Kier alpha value is -1.29. The van der Waals surface area contributed by atoms with Crippen molar-refractivity contribution in [3.63, 3.8) is 0 Å². The van der Waals surface area contributed by atoms with Crippen molar-refractivity contribution >= 4 is 5.78 Å². The fourth-order valence-corrected chi connectivity index (χ4v) is 2.20. The number of Topliss-reactive ketones (excluding diaryl/α,β-unsaturated/α-hetero) is 1. The van der Waals surface area contributed by atoms with Gasteiger partial charge in [0.25, 0.3) is 0 Å². The van der Waals surface area contributed by atoms with Gasteiger partial charge in [-0.1, -0.05) is 6.42 Å². The van der Waals surface area contributed by atoms with Gasteiger partial charge in [0.05, 0.1) is 5.56 Å². The number of halogens is 2. The summed E-state index contributed by atoms with van der Waals surface area (Å²) in [4.78, 5) is 11.9. The maximum atomic E-state index is 13.4. The number of hydrogen-bond acceptors (Lipinski definition) is 2. The summed E-state index contributed by atoms with van der Waals surface area (Å²) < 4.78 is 26.3. The van der Waals surface area contributed by atoms with Crippen LogP contribution in [-0.4, -0.2) is 11.8 Å². The molecule has 2 atom stereocenters. The zero-order valence-electron chi connectivity index (χ0n) is 8.75. The van der Waals surface area contributed by atoms with Crippen molar-refractivity contribution in [2.45, 2.75) is 25.3 Å². The van der Waals surface area contributed by atoms with E-state index in [9.17, 15) is 13.6 Å². The standard InChI is InChI=1S/C12H13F2NO/c13-7-4-5-10(14)9(6-7)12(16)8-2-1-3-11(8)15/h4-6,8,11H,1-3,15H2. The van der Waals surface area contributed by atoms with Gasteiger partial charge in [0, 0.05) is 12.0 Å². The van der Waals surface area contributed by atoms with E-state index in [1.807, 2.05) is 0 Å². The van der Waals surface area contributed by atoms with Gasteiger partial charge in [0.15, 0.2) is 5.78 Å². The molecule has 1 fully saturated rings. The minimum atomic E-state index is -0.675. The molecule has 2 nitrogen and oxygen atoms in total. The third-order valence-corrected chi connectivity index (χ3v) is 3.10. The van der Waals surface area contributed by atoms with Crippen molar-refractivity contribution in [3.05, 3.63) is 35.4 Å². The van der Waals surface area contributed by atoms with Crippen molar-refractivity contribution < 1.29 is 13.6 Å². The second-order valence-corrected chi connectivity index (χ2v) is 4.19. The average Bonchev–Trinajstić information content (AvgIpc) is 2.67. The molecule has 0 heterocycles. The number of benzene rings is 1. The molecule has 0 saturated heterocycles. The van der Waals surface area contributed by atoms with Crippen LogP contribution in [-0.2, 0) is 0 Å². The molecule has 1 aliphatic rings. The molecule has 86 valence electrons. The van der Waals surface area contributed by atoms with Crippen LogP contribution < -0.4 is 5.73 Å². The molecular weight excluding hydrogens is 212 g/mol. The Morgan fingerprint density at radius 2 is 2.06 bits per heavy atom. The molecular formula is C12H13F2NO. The molecule has 2 rings (SSSR count). The molecule has 1 saturated carbocycles. The van der Waals surface area contributed by atoms with Crippen LogP contribution in [0.1, 0.15) is 29.6 Å². The fourth-order valence-electron chi connectivity index (χ4n) is 2.20. The van der Waals surface area contributed by atoms with Gasteiger partial charge in [0.1, 0.15) is 11.6 Å². The molecule has 2 unspecified atom stereocenters. The topological polar surface area (TPSA) is 43.1 Å². The van der Waals surface area contributed by atoms with Crippen LogP contribution in [0.15, 0.2) is 18.2 Å². The molecule has 1 aliphatic carbocycles. The van der Waals surface area contributed by atoms with Crippen molar-refractivity contribution in [3.8, 4) is 0 Å². The van der Waals surface area contributed by atoms with Crippen molar-refractivity contribution in [1.29, 1.82) is 0 Å². The lowest BCUT2D eigenvalue weighted by molar-refractivity contribution is 0.0908. The molecule has 0 amide bonds. The molecule has 4 heteroatoms. The van der Waals surface area contributed by atoms with Crippen LogP contribution in [0.5, 0.6) is 0 Å². The number of hydrogen-bond donors (Lipinski definition) is 1. The van der Waals surface area contributed by atoms with Gasteiger partial charge in [-0.2, -0.15) is 0 Å². The van der Waals surface area contributed by atoms with Crippen molar-refractivity contribution in [1.82, 2.24) is 0 Å². The van der Waals surface area contributed by atoms with E-state index >= 15 is 0 Å². The first-order valence-electron chi connectivity index (χ1n) is 5.34. The second kappa shape index (κ2) is 4.29. The van der Waals surface area contributed by atoms with Gasteiger partial charge < -0.3 is 5.73 Å². The Balaban J connectivity index is 2.29. The summed E-state index contributed by atoms with van der Waals surface area (Å²) in [6, 6.07) is 2.70. The SMILES string of the molecule is NC1CCCC1C(=O)c1cc(F)ccc1F. The number of carbonyl (C=O) groups excluding carboxylic acids is 1. The molecule has 1 aromatic rings. The summed E-state index contributed by atoms with van der Waals surface area (Å²) >= 11 is 0. The zero-order valence-corrected chi connectivity index (χ0v) is 8.75. The smallest absolute Gasteiger partial charge is 0.170 e. The third-order valence-electron chi connectivity index (χ3n) is 3.10. The van der Waals surface area contributed by atoms with E-state index in [0.29, 0.717) is 6.42 Å². The quantitative estimate of drug-likeness (QED) is 0.784. The summed E-state index contributed by atoms with van der Waals surface area (Å²) in [5.41, 5.74) is 5.59. The normalized spacial score (nSPS) is 24.7. The Morgan fingerprint density at radius 1 is 1.31 bits per heavy atom. The predicted octanol–water partition coefficient (Wildman–Crippen LogP) is 2.27. The highest BCUT2D eigenvalue weighted by Crippen LogP contribution is 2.28. The van der Waals surface area contributed by atoms with E-state index in [0.717, 1.165) is 31.0 Å². The number of carbonyl (C=O) groups is 1. The van der Waals surface area contributed by atoms with Crippen LogP contribution >= 0.6 is 0 Å². The molecule has 2 N–H and O–H groups in total. The predicted molar refractivity (Wildman–Crippen MR) is 56.0 cm³/mol. The lowest BCUT2D eigenvalue weighted by Crippen LogP contribution is -2.31. The molecule has 0 aromatic heterocycles. The molecule has 0 spiro atoms. The van der Waals surface area contributed by atoms with E-state index in [1.54, 1.807) is 0 Å². The van der Waals surface area contributed by atoms with Crippen molar-refractivity contribution in [2.75, 3.05) is 0 Å². The Bertz CT molecular complexity index is 419. The molecule has 0 bridgehead atoms. The fraction of sp³-hybridized carbons (Fsp3) is 0.417. The Morgan fingerprint density at radius 3 is 2.69 bits per heavy atom. The summed E-state index contributed by atoms with van der Waals surface area (Å²) in [5, 5.41) is 0. The van der Waals surface area contributed by atoms with Gasteiger partial charge in [0.2, 0.25) is 0 Å². The van der Waals surface area contributed by atoms with E-state index in [1.165, 1.54) is 0 Å². The van der Waals surface area contributed by atoms with Gasteiger partial charge in [-0.15, -0.1) is 0 Å². The van der Waals surface area contributed by atoms with Crippen LogP contribution in [0.4, 0.5) is 8.78 Å². The van der Waals surface area contributed by atoms with Gasteiger partial charge in [-0.05, 0) is 31.0 Å². The Labute approximate surface area is 92.4 Å². The van der Waals surface area contributed by atoms with Gasteiger partial charge in [-0.25, -0.2) is 8.78 Å². The maximum absolute atomic E-state index is 13.4. The van der Waals surface area contributed by atoms with Crippen LogP contribution in [0.3, 0.4) is 0 Å². The minimum Gasteiger partial charge on any atom is -0.327 e. The lowest BCUT2D eigenvalue weighted by Gasteiger charge is -2.14. The summed E-state index contributed by atoms with van der Waals surface area (Å²) in [6.07, 6.45) is 2.30. The first-order chi connectivity index (χ1) is 7.59. The lowest BCUT2D eigenvalue weighted by atomic mass is 9.93. The number of rotatable bonds is 2. The summed E-state index contributed by atoms with van der Waals surface area (Å²) in [7, 11) is 0. The first-order valence-corrected chi connectivity index (χ1v) is 5.34. The third kappa shape index (κ3) is 1.97. The highest BCUT2D eigenvalue weighted by molar-refractivity contribution is 5.98. The molecule has 0 radical (unpaired) electrons. The van der Waals surface area contributed by atoms with E-state index in [-0.39, 0.29) is 23.3 Å². The maximum Gasteiger partial charge on any atom is 0.170 e. The highest BCUT2D eigenvalue weighted by Gasteiger charge is 2.32. The summed E-state index contributed by atoms with van der Waals surface area (Å²) in [5.74, 6) is -2.01. The van der Waals surface area contributed by atoms with E-state index < -0.39 is 11.6 Å². The largest absolute Gasteiger partial charge is 0.327 e. The second-order valence-electron chi connectivity index (χ2n) is 4.19. The molecule has 16 heavy (non-hydrogen) atoms. The zero-order chi connectivity index (χ0) is 11.7. The average molecular weight is 225 g/mol. The van der Waals surface area contributed by atoms with E-state index in [2.05, 4.69) is 0 Å². The van der Waals surface area contributed by atoms with Crippen molar-refractivity contribution in [2.24, 2.45) is 11.7 Å². The van der Waals surface area contributed by atoms with Gasteiger partial charge in [-0.3, -0.25) is 4.79 Å². The summed E-state index contributed by atoms with van der Waals surface area (Å²) in [6.45, 7) is 0. The Kier molecular flexibility index (Phi) is 3.01. The van der Waals surface area contributed by atoms with Crippen LogP contribution in [0, 0.1) is 17.6 Å². The molecule has 1 aromatic carbocycles. The van der Waals surface area contributed by atoms with Gasteiger partial charge >= 0.3 is 0 Å². The molecule has 0 aliphatic heterocycles. The van der Waals surface area contributed by atoms with Crippen LogP contribution in [0.2, 0.25) is 0 Å². The van der Waals surface area contributed by atoms with E-state index in [4.69, 9.17) is 5.73 Å². The monoisotopic (exact) mass is 225 g/mol.